The molecule has 0 aromatic carbocycles. The van der Waals surface area contributed by atoms with Crippen molar-refractivity contribution in [2.45, 2.75) is 57.5 Å². The number of halogens is 3. The summed E-state index contributed by atoms with van der Waals surface area (Å²) in [7, 11) is 0. The minimum atomic E-state index is -2.62. The number of hydrogen-bond donors (Lipinski definition) is 0. The lowest BCUT2D eigenvalue weighted by Crippen LogP contribution is -2.52. The van der Waals surface area contributed by atoms with Gasteiger partial charge in [0.25, 0.3) is 5.92 Å². The highest BCUT2D eigenvalue weighted by Crippen LogP contribution is 2.46. The molecule has 1 fully saturated rings. The van der Waals surface area contributed by atoms with Gasteiger partial charge in [-0.1, -0.05) is 12.2 Å². The van der Waals surface area contributed by atoms with Crippen molar-refractivity contribution >= 4 is 11.6 Å². The first-order chi connectivity index (χ1) is 7.50. The van der Waals surface area contributed by atoms with Gasteiger partial charge in [-0.15, -0.1) is 11.6 Å². The molecule has 1 atom stereocenters. The number of likely N-dealkylation sites (tertiary alicyclic amines) is 1. The van der Waals surface area contributed by atoms with Gasteiger partial charge in [0.05, 0.1) is 6.54 Å². The van der Waals surface area contributed by atoms with Crippen molar-refractivity contribution in [1.29, 1.82) is 0 Å². The molecule has 4 heteroatoms. The number of hydrogen-bond acceptors (Lipinski definition) is 1. The maximum atomic E-state index is 13.7. The minimum Gasteiger partial charge on any atom is -0.287 e. The standard InChI is InChI=1S/C13H22ClF2N/c1-10(7-14)6-12(5)8-13(15,16)9-17(12)11(2,3)4/h1,6-9H2,2-5H3. The van der Waals surface area contributed by atoms with Gasteiger partial charge in [-0.2, -0.15) is 0 Å². The van der Waals surface area contributed by atoms with Crippen LogP contribution in [-0.4, -0.2) is 34.3 Å². The van der Waals surface area contributed by atoms with Crippen molar-refractivity contribution < 1.29 is 8.78 Å². The fourth-order valence-electron chi connectivity index (χ4n) is 2.92. The smallest absolute Gasteiger partial charge is 0.262 e. The highest BCUT2D eigenvalue weighted by molar-refractivity contribution is 6.19. The van der Waals surface area contributed by atoms with Crippen LogP contribution in [0.1, 0.15) is 40.5 Å². The van der Waals surface area contributed by atoms with E-state index in [4.69, 9.17) is 11.6 Å². The maximum absolute atomic E-state index is 13.7. The topological polar surface area (TPSA) is 3.24 Å². The van der Waals surface area contributed by atoms with Gasteiger partial charge in [-0.3, -0.25) is 4.90 Å². The van der Waals surface area contributed by atoms with Gasteiger partial charge in [-0.25, -0.2) is 8.78 Å². The Balaban J connectivity index is 2.97. The van der Waals surface area contributed by atoms with Crippen molar-refractivity contribution in [3.8, 4) is 0 Å². The first-order valence-corrected chi connectivity index (χ1v) is 6.42. The molecule has 0 radical (unpaired) electrons. The van der Waals surface area contributed by atoms with Crippen LogP contribution in [0.5, 0.6) is 0 Å². The fourth-order valence-corrected chi connectivity index (χ4v) is 3.02. The van der Waals surface area contributed by atoms with E-state index < -0.39 is 11.5 Å². The molecule has 1 aliphatic rings. The summed E-state index contributed by atoms with van der Waals surface area (Å²) in [5.41, 5.74) is -0.00393. The lowest BCUT2D eigenvalue weighted by atomic mass is 9.87. The molecule has 1 unspecified atom stereocenters. The monoisotopic (exact) mass is 265 g/mol. The van der Waals surface area contributed by atoms with Crippen LogP contribution >= 0.6 is 11.6 Å². The number of alkyl halides is 3. The second-order valence-corrected chi connectivity index (χ2v) is 6.61. The van der Waals surface area contributed by atoms with Crippen molar-refractivity contribution in [2.75, 3.05) is 12.4 Å². The summed E-state index contributed by atoms with van der Waals surface area (Å²) < 4.78 is 27.3. The zero-order valence-electron chi connectivity index (χ0n) is 11.1. The third-order valence-electron chi connectivity index (χ3n) is 3.31. The number of nitrogens with zero attached hydrogens (tertiary/aromatic N) is 1. The second kappa shape index (κ2) is 4.51. The van der Waals surface area contributed by atoms with Crippen LogP contribution in [0.4, 0.5) is 8.78 Å². The summed E-state index contributed by atoms with van der Waals surface area (Å²) in [5.74, 6) is -2.28. The largest absolute Gasteiger partial charge is 0.287 e. The van der Waals surface area contributed by atoms with Crippen LogP contribution in [0.15, 0.2) is 12.2 Å². The molecule has 1 saturated heterocycles. The van der Waals surface area contributed by atoms with E-state index in [0.29, 0.717) is 12.3 Å². The summed E-state index contributed by atoms with van der Waals surface area (Å²) in [5, 5.41) is 0. The van der Waals surface area contributed by atoms with Gasteiger partial charge in [-0.05, 0) is 34.1 Å². The molecule has 0 saturated carbocycles. The van der Waals surface area contributed by atoms with Gasteiger partial charge in [0.2, 0.25) is 0 Å². The predicted octanol–water partition coefficient (Wildman–Crippen LogP) is 4.07. The third kappa shape index (κ3) is 3.41. The van der Waals surface area contributed by atoms with Crippen LogP contribution in [0.2, 0.25) is 0 Å². The van der Waals surface area contributed by atoms with Gasteiger partial charge in [0.15, 0.2) is 0 Å². The van der Waals surface area contributed by atoms with E-state index in [1.165, 1.54) is 0 Å². The van der Waals surface area contributed by atoms with Crippen LogP contribution in [0.3, 0.4) is 0 Å². The molecule has 1 rings (SSSR count). The van der Waals surface area contributed by atoms with Crippen molar-refractivity contribution in [1.82, 2.24) is 4.90 Å². The molecule has 0 aromatic rings. The fraction of sp³-hybridized carbons (Fsp3) is 0.846. The molecule has 1 nitrogen and oxygen atoms in total. The summed E-state index contributed by atoms with van der Waals surface area (Å²) in [4.78, 5) is 1.89. The van der Waals surface area contributed by atoms with Gasteiger partial charge >= 0.3 is 0 Å². The Bertz CT molecular complexity index is 309. The van der Waals surface area contributed by atoms with Crippen LogP contribution < -0.4 is 0 Å². The van der Waals surface area contributed by atoms with E-state index in [-0.39, 0.29) is 18.5 Å². The van der Waals surface area contributed by atoms with Crippen molar-refractivity contribution in [3.05, 3.63) is 12.2 Å². The quantitative estimate of drug-likeness (QED) is 0.549. The molecule has 1 heterocycles. The zero-order chi connectivity index (χ0) is 13.5. The first kappa shape index (κ1) is 14.9. The summed E-state index contributed by atoms with van der Waals surface area (Å²) in [6.45, 7) is 11.5. The Morgan fingerprint density at radius 1 is 1.41 bits per heavy atom. The molecule has 0 spiro atoms. The molecular formula is C13H22ClF2N. The third-order valence-corrected chi connectivity index (χ3v) is 3.69. The summed E-state index contributed by atoms with van der Waals surface area (Å²) in [6.07, 6.45) is 0.413. The Labute approximate surface area is 108 Å². The Morgan fingerprint density at radius 3 is 2.35 bits per heavy atom. The highest BCUT2D eigenvalue weighted by Gasteiger charge is 2.54. The van der Waals surface area contributed by atoms with E-state index >= 15 is 0 Å². The second-order valence-electron chi connectivity index (χ2n) is 6.35. The molecule has 0 aliphatic carbocycles. The number of rotatable bonds is 3. The molecule has 0 bridgehead atoms. The predicted molar refractivity (Wildman–Crippen MR) is 68.9 cm³/mol. The normalized spacial score (nSPS) is 29.6. The van der Waals surface area contributed by atoms with Gasteiger partial charge in [0.1, 0.15) is 0 Å². The molecule has 0 amide bonds. The van der Waals surface area contributed by atoms with E-state index in [9.17, 15) is 8.78 Å². The Kier molecular flexibility index (Phi) is 3.95. The van der Waals surface area contributed by atoms with E-state index in [0.717, 1.165) is 5.57 Å². The van der Waals surface area contributed by atoms with Crippen LogP contribution in [-0.2, 0) is 0 Å². The van der Waals surface area contributed by atoms with Crippen LogP contribution in [0.25, 0.3) is 0 Å². The molecule has 1 aliphatic heterocycles. The molecule has 0 N–H and O–H groups in total. The average molecular weight is 266 g/mol. The summed E-state index contributed by atoms with van der Waals surface area (Å²) >= 11 is 5.72. The maximum Gasteiger partial charge on any atom is 0.262 e. The van der Waals surface area contributed by atoms with Crippen molar-refractivity contribution in [3.63, 3.8) is 0 Å². The average Bonchev–Trinajstić information content (AvgIpc) is 2.35. The lowest BCUT2D eigenvalue weighted by molar-refractivity contribution is 0.000190. The SMILES string of the molecule is C=C(CCl)CC1(C)CC(F)(F)CN1C(C)(C)C. The zero-order valence-corrected chi connectivity index (χ0v) is 11.9. The van der Waals surface area contributed by atoms with Gasteiger partial charge in [0, 0.05) is 23.4 Å². The first-order valence-electron chi connectivity index (χ1n) is 5.88. The molecule has 0 aromatic heterocycles. The van der Waals surface area contributed by atoms with E-state index in [2.05, 4.69) is 6.58 Å². The molecule has 17 heavy (non-hydrogen) atoms. The lowest BCUT2D eigenvalue weighted by Gasteiger charge is -2.44. The van der Waals surface area contributed by atoms with E-state index in [1.54, 1.807) is 0 Å². The Hall–Kier alpha value is -0.150. The highest BCUT2D eigenvalue weighted by atomic mass is 35.5. The molecular weight excluding hydrogens is 244 g/mol. The van der Waals surface area contributed by atoms with Gasteiger partial charge < -0.3 is 0 Å². The van der Waals surface area contributed by atoms with Crippen LogP contribution in [0, 0.1) is 0 Å². The molecule has 100 valence electrons. The Morgan fingerprint density at radius 2 is 1.94 bits per heavy atom. The summed E-state index contributed by atoms with van der Waals surface area (Å²) in [6, 6.07) is 0. The van der Waals surface area contributed by atoms with Crippen molar-refractivity contribution in [2.24, 2.45) is 0 Å². The minimum absolute atomic E-state index is 0.118. The van der Waals surface area contributed by atoms with E-state index in [1.807, 2.05) is 32.6 Å².